The van der Waals surface area contributed by atoms with Crippen LogP contribution >= 0.6 is 21.1 Å². The van der Waals surface area contributed by atoms with Crippen molar-refractivity contribution in [2.24, 2.45) is 0 Å². The number of rotatable bonds is 1. The molecule has 0 N–H and O–H groups in total. The quantitative estimate of drug-likeness (QED) is 0.371. The predicted molar refractivity (Wildman–Crippen MR) is 83.5 cm³/mol. The number of thiocarbonyl (C=S) groups is 1. The van der Waals surface area contributed by atoms with Gasteiger partial charge in [0.1, 0.15) is 0 Å². The summed E-state index contributed by atoms with van der Waals surface area (Å²) in [5.74, 6) is 0. The number of carbonyl (C=O) groups is 1. The molecule has 1 saturated heterocycles. The van der Waals surface area contributed by atoms with Crippen LogP contribution in [-0.4, -0.2) is 71.6 Å². The first-order valence-corrected chi connectivity index (χ1v) is 15.9. The van der Waals surface area contributed by atoms with Crippen LogP contribution in [0.1, 0.15) is 6.92 Å². The molecule has 1 fully saturated rings. The van der Waals surface area contributed by atoms with Crippen molar-refractivity contribution in [1.82, 2.24) is 9.80 Å². The first kappa shape index (κ1) is 18.5. The Morgan fingerprint density at radius 3 is 2.06 bits per heavy atom. The SMILES string of the molecule is CCOC(=O)N1CCN(C(=S)[S-])CC1.[CH3][Sn+]([CH3])[Cl]. The van der Waals surface area contributed by atoms with Crippen LogP contribution in [0, 0.1) is 0 Å². The van der Waals surface area contributed by atoms with Gasteiger partial charge in [-0.15, -0.1) is 0 Å². The number of halogens is 1. The fourth-order valence-corrected chi connectivity index (χ4v) is 1.65. The van der Waals surface area contributed by atoms with Gasteiger partial charge in [0.05, 0.1) is 6.61 Å². The number of ether oxygens (including phenoxy) is 1. The maximum atomic E-state index is 11.3. The number of amides is 1. The first-order valence-electron chi connectivity index (χ1n) is 5.71. The second-order valence-electron chi connectivity index (χ2n) is 3.82. The summed E-state index contributed by atoms with van der Waals surface area (Å²) < 4.78 is 5.37. The number of hydrogen-bond donors (Lipinski definition) is 0. The second-order valence-corrected chi connectivity index (χ2v) is 14.9. The van der Waals surface area contributed by atoms with Crippen molar-refractivity contribution in [2.75, 3.05) is 32.8 Å². The molecule has 1 aliphatic rings. The van der Waals surface area contributed by atoms with Crippen molar-refractivity contribution in [1.29, 1.82) is 0 Å². The van der Waals surface area contributed by atoms with Crippen LogP contribution in [0.5, 0.6) is 0 Å². The molecule has 1 aliphatic heterocycles. The van der Waals surface area contributed by atoms with Crippen molar-refractivity contribution >= 4 is 62.8 Å². The zero-order chi connectivity index (χ0) is 14.1. The molecule has 0 bridgehead atoms. The molecule has 0 unspecified atom stereocenters. The molecule has 8 heteroatoms. The van der Waals surface area contributed by atoms with Crippen molar-refractivity contribution in [3.63, 3.8) is 0 Å². The second kappa shape index (κ2) is 10.3. The minimum absolute atomic E-state index is 0.248. The van der Waals surface area contributed by atoms with Gasteiger partial charge < -0.3 is 39.4 Å². The zero-order valence-electron chi connectivity index (χ0n) is 10.9. The summed E-state index contributed by atoms with van der Waals surface area (Å²) in [7, 11) is 5.47. The van der Waals surface area contributed by atoms with Crippen molar-refractivity contribution in [2.45, 2.75) is 16.8 Å². The van der Waals surface area contributed by atoms with Gasteiger partial charge in [-0.05, 0) is 6.92 Å². The fraction of sp³-hybridized carbons (Fsp3) is 0.800. The van der Waals surface area contributed by atoms with E-state index in [4.69, 9.17) is 38.5 Å². The molecule has 0 aliphatic carbocycles. The molecule has 1 rings (SSSR count). The van der Waals surface area contributed by atoms with E-state index in [0.29, 0.717) is 37.1 Å². The molecule has 0 aromatic carbocycles. The summed E-state index contributed by atoms with van der Waals surface area (Å²) in [5.41, 5.74) is 0. The molecule has 0 aromatic heterocycles. The molecule has 0 atom stereocenters. The van der Waals surface area contributed by atoms with Gasteiger partial charge in [0.15, 0.2) is 0 Å². The van der Waals surface area contributed by atoms with Gasteiger partial charge in [-0.1, -0.05) is 4.32 Å². The number of piperazine rings is 1. The molecule has 0 saturated carbocycles. The van der Waals surface area contributed by atoms with E-state index in [1.54, 1.807) is 11.8 Å². The van der Waals surface area contributed by atoms with E-state index in [1.807, 2.05) is 4.90 Å². The molecule has 104 valence electrons. The van der Waals surface area contributed by atoms with E-state index in [1.165, 1.54) is 0 Å². The monoisotopic (exact) mass is 418 g/mol. The topological polar surface area (TPSA) is 32.8 Å². The molecule has 0 radical (unpaired) electrons. The minimum atomic E-state index is -1.07. The summed E-state index contributed by atoms with van der Waals surface area (Å²) in [4.78, 5) is 19.1. The summed E-state index contributed by atoms with van der Waals surface area (Å²) in [6.45, 7) is 4.90. The average Bonchev–Trinajstić information content (AvgIpc) is 2.28. The van der Waals surface area contributed by atoms with Gasteiger partial charge >= 0.3 is 43.5 Å². The Hall–Kier alpha value is 0.469. The first-order chi connectivity index (χ1) is 8.38. The third-order valence-corrected chi connectivity index (χ3v) is 2.58. The molecular weight excluding hydrogens is 398 g/mol. The Labute approximate surface area is 131 Å². The van der Waals surface area contributed by atoms with Crippen LogP contribution in [0.2, 0.25) is 9.88 Å². The van der Waals surface area contributed by atoms with Crippen molar-refractivity contribution in [3.8, 4) is 0 Å². The number of hydrogen-bond acceptors (Lipinski definition) is 4. The molecule has 4 nitrogen and oxygen atoms in total. The Morgan fingerprint density at radius 1 is 1.33 bits per heavy atom. The van der Waals surface area contributed by atoms with Crippen LogP contribution in [0.4, 0.5) is 4.79 Å². The van der Waals surface area contributed by atoms with E-state index < -0.39 is 18.6 Å². The van der Waals surface area contributed by atoms with E-state index in [9.17, 15) is 4.79 Å². The maximum absolute atomic E-state index is 11.3. The summed E-state index contributed by atoms with van der Waals surface area (Å²) in [6.07, 6.45) is -0.248. The van der Waals surface area contributed by atoms with Crippen LogP contribution < -0.4 is 0 Å². The molecule has 18 heavy (non-hydrogen) atoms. The normalized spacial score (nSPS) is 14.4. The van der Waals surface area contributed by atoms with Crippen LogP contribution in [-0.2, 0) is 17.4 Å². The summed E-state index contributed by atoms with van der Waals surface area (Å²) in [6, 6.07) is 0. The van der Waals surface area contributed by atoms with E-state index in [0.717, 1.165) is 0 Å². The van der Waals surface area contributed by atoms with Gasteiger partial charge in [0, 0.05) is 26.2 Å². The van der Waals surface area contributed by atoms with Gasteiger partial charge in [-0.25, -0.2) is 4.79 Å². The third-order valence-electron chi connectivity index (χ3n) is 2.06. The summed E-state index contributed by atoms with van der Waals surface area (Å²) >= 11 is 8.68. The summed E-state index contributed by atoms with van der Waals surface area (Å²) in [5, 5.41) is 0. The Kier molecular flexibility index (Phi) is 10.5. The van der Waals surface area contributed by atoms with Crippen LogP contribution in [0.15, 0.2) is 0 Å². The molecule has 0 aromatic rings. The zero-order valence-corrected chi connectivity index (χ0v) is 16.2. The molecule has 1 heterocycles. The third kappa shape index (κ3) is 8.55. The number of carbonyl (C=O) groups excluding carboxylic acids is 1. The standard InChI is InChI=1S/C8H14N2O2S2.2CH3.ClH.Sn/c1-2-12-7(11)9-3-5-10(6-4-9)8(13)14;;;;/h2-6H2,1H3,(H,13,14);2*1H3;1H;/q;;;;+2/p-2. The predicted octanol–water partition coefficient (Wildman–Crippen LogP) is 2.07. The number of nitrogens with zero attached hydrogens (tertiary/aromatic N) is 2. The van der Waals surface area contributed by atoms with Crippen LogP contribution in [0.3, 0.4) is 0 Å². The van der Waals surface area contributed by atoms with Crippen molar-refractivity contribution in [3.05, 3.63) is 0 Å². The Balaban J connectivity index is 0.000000631. The van der Waals surface area contributed by atoms with E-state index >= 15 is 0 Å². The van der Waals surface area contributed by atoms with Gasteiger partial charge in [-0.2, -0.15) is 0 Å². The van der Waals surface area contributed by atoms with E-state index in [2.05, 4.69) is 9.88 Å². The molecule has 0 spiro atoms. The Morgan fingerprint density at radius 2 is 1.72 bits per heavy atom. The van der Waals surface area contributed by atoms with Gasteiger partial charge in [0.25, 0.3) is 0 Å². The van der Waals surface area contributed by atoms with Crippen LogP contribution in [0.25, 0.3) is 0 Å². The fourth-order valence-electron chi connectivity index (χ4n) is 1.29. The van der Waals surface area contributed by atoms with Crippen molar-refractivity contribution < 1.29 is 9.53 Å². The average molecular weight is 418 g/mol. The Bertz CT molecular complexity index is 272. The molecule has 1 amide bonds. The molecular formula is C10H19ClN2O2S2Sn. The van der Waals surface area contributed by atoms with Gasteiger partial charge in [0.2, 0.25) is 0 Å². The van der Waals surface area contributed by atoms with E-state index in [-0.39, 0.29) is 6.09 Å². The van der Waals surface area contributed by atoms with Gasteiger partial charge in [-0.3, -0.25) is 0 Å².